The molecule has 0 unspecified atom stereocenters. The number of carbonyl (C=O) groups excluding carboxylic acids is 2. The average molecular weight is 523 g/mol. The van der Waals surface area contributed by atoms with Crippen LogP contribution in [0, 0.1) is 18.3 Å². The van der Waals surface area contributed by atoms with Crippen LogP contribution in [-0.2, 0) is 17.8 Å². The first-order valence-electron chi connectivity index (χ1n) is 12.4. The van der Waals surface area contributed by atoms with Crippen molar-refractivity contribution < 1.29 is 9.59 Å². The molecule has 0 aromatic carbocycles. The van der Waals surface area contributed by atoms with Crippen molar-refractivity contribution in [1.82, 2.24) is 19.8 Å². The number of amides is 3. The van der Waals surface area contributed by atoms with E-state index in [2.05, 4.69) is 40.4 Å². The first-order valence-corrected chi connectivity index (χ1v) is 13.1. The molecule has 0 bridgehead atoms. The minimum Gasteiger partial charge on any atom is -0.378 e. The summed E-state index contributed by atoms with van der Waals surface area (Å²) in [6.07, 6.45) is 3.07. The van der Waals surface area contributed by atoms with E-state index in [4.69, 9.17) is 4.98 Å². The molecule has 2 N–H and O–H groups in total. The van der Waals surface area contributed by atoms with Gasteiger partial charge >= 0.3 is 6.03 Å². The van der Waals surface area contributed by atoms with Crippen molar-refractivity contribution in [2.24, 2.45) is 0 Å². The predicted octanol–water partition coefficient (Wildman–Crippen LogP) is 3.04. The molecular formula is C26H34N8O2S. The highest BCUT2D eigenvalue weighted by atomic mass is 32.1. The molecule has 0 atom stereocenters. The van der Waals surface area contributed by atoms with Crippen molar-refractivity contribution in [2.75, 3.05) is 54.5 Å². The third-order valence-corrected chi connectivity index (χ3v) is 7.49. The lowest BCUT2D eigenvalue weighted by atomic mass is 10.0. The maximum Gasteiger partial charge on any atom is 0.328 e. The molecule has 4 heterocycles. The number of pyridine rings is 2. The number of hydrogen-bond acceptors (Lipinski definition) is 8. The van der Waals surface area contributed by atoms with Crippen LogP contribution in [0.15, 0.2) is 18.3 Å². The molecule has 0 radical (unpaired) electrons. The van der Waals surface area contributed by atoms with E-state index in [1.54, 1.807) is 11.0 Å². The molecule has 196 valence electrons. The summed E-state index contributed by atoms with van der Waals surface area (Å²) in [7, 11) is 1.95. The van der Waals surface area contributed by atoms with Crippen LogP contribution in [0.4, 0.5) is 22.1 Å². The fourth-order valence-corrected chi connectivity index (χ4v) is 4.57. The Morgan fingerprint density at radius 2 is 2.05 bits per heavy atom. The molecule has 1 saturated heterocycles. The van der Waals surface area contributed by atoms with E-state index in [0.29, 0.717) is 54.8 Å². The van der Waals surface area contributed by atoms with Gasteiger partial charge in [-0.3, -0.25) is 19.9 Å². The molecule has 4 rings (SSSR count). The summed E-state index contributed by atoms with van der Waals surface area (Å²) in [6.45, 7) is 8.92. The number of fused-ring (bicyclic) bond motifs is 1. The van der Waals surface area contributed by atoms with Gasteiger partial charge in [-0.1, -0.05) is 0 Å². The molecule has 2 aromatic heterocycles. The summed E-state index contributed by atoms with van der Waals surface area (Å²) in [5, 5.41) is 15.6. The molecule has 37 heavy (non-hydrogen) atoms. The zero-order valence-electron chi connectivity index (χ0n) is 21.8. The maximum atomic E-state index is 13.3. The number of aromatic nitrogens is 2. The summed E-state index contributed by atoms with van der Waals surface area (Å²) in [5.74, 6) is 1.66. The number of rotatable bonds is 6. The van der Waals surface area contributed by atoms with Crippen molar-refractivity contribution in [2.45, 2.75) is 45.7 Å². The van der Waals surface area contributed by atoms with Crippen LogP contribution < -0.4 is 15.5 Å². The maximum absolute atomic E-state index is 13.3. The van der Waals surface area contributed by atoms with Crippen LogP contribution in [0.5, 0.6) is 0 Å². The van der Waals surface area contributed by atoms with E-state index in [1.807, 2.05) is 37.6 Å². The number of aryl methyl sites for hydroxylation is 2. The van der Waals surface area contributed by atoms with Crippen molar-refractivity contribution in [3.8, 4) is 6.07 Å². The van der Waals surface area contributed by atoms with Gasteiger partial charge in [-0.2, -0.15) is 17.9 Å². The molecule has 0 aliphatic carbocycles. The van der Waals surface area contributed by atoms with Gasteiger partial charge in [0.05, 0.1) is 17.8 Å². The van der Waals surface area contributed by atoms with Gasteiger partial charge in [0.15, 0.2) is 0 Å². The van der Waals surface area contributed by atoms with Crippen LogP contribution in [0.25, 0.3) is 0 Å². The van der Waals surface area contributed by atoms with E-state index in [-0.39, 0.29) is 17.5 Å². The van der Waals surface area contributed by atoms with Gasteiger partial charge < -0.3 is 10.2 Å². The monoisotopic (exact) mass is 522 g/mol. The van der Waals surface area contributed by atoms with Crippen LogP contribution in [0.1, 0.15) is 42.7 Å². The summed E-state index contributed by atoms with van der Waals surface area (Å²) in [6, 6.07) is 5.56. The summed E-state index contributed by atoms with van der Waals surface area (Å²) >= 11 is 4.37. The van der Waals surface area contributed by atoms with Crippen molar-refractivity contribution >= 4 is 41.9 Å². The molecule has 0 spiro atoms. The number of anilines is 3. The van der Waals surface area contributed by atoms with Crippen LogP contribution in [-0.4, -0.2) is 76.2 Å². The quantitative estimate of drug-likeness (QED) is 0.499. The Balaban J connectivity index is 1.52. The molecule has 10 nitrogen and oxygen atoms in total. The lowest BCUT2D eigenvalue weighted by molar-refractivity contribution is -0.136. The van der Waals surface area contributed by atoms with Gasteiger partial charge in [-0.25, -0.2) is 14.8 Å². The first kappa shape index (κ1) is 26.7. The molecule has 2 aromatic rings. The molecule has 0 saturated carbocycles. The fraction of sp³-hybridized carbons (Fsp3) is 0.500. The SMILES string of the molecule is Cc1nc2c(cc1CN1CCN(C)CC1=O)CCCN2C(=O)Nc1cc(NC(C)(C)CS)c(C#N)cn1. The molecular weight excluding hydrogens is 488 g/mol. The second kappa shape index (κ2) is 10.9. The van der Waals surface area contributed by atoms with Gasteiger partial charge in [-0.05, 0) is 57.9 Å². The molecule has 3 amide bonds. The molecule has 1 fully saturated rings. The number of nitriles is 1. The third-order valence-electron chi connectivity index (χ3n) is 6.70. The zero-order valence-corrected chi connectivity index (χ0v) is 22.7. The average Bonchev–Trinajstić information content (AvgIpc) is 2.85. The van der Waals surface area contributed by atoms with Crippen LogP contribution >= 0.6 is 12.6 Å². The number of thiol groups is 1. The Kier molecular flexibility index (Phi) is 7.90. The van der Waals surface area contributed by atoms with Gasteiger partial charge in [-0.15, -0.1) is 0 Å². The van der Waals surface area contributed by atoms with E-state index >= 15 is 0 Å². The molecule has 2 aliphatic rings. The minimum absolute atomic E-state index is 0.119. The zero-order chi connectivity index (χ0) is 26.7. The van der Waals surface area contributed by atoms with E-state index in [0.717, 1.165) is 36.2 Å². The second-order valence-corrected chi connectivity index (χ2v) is 10.7. The molecule has 11 heteroatoms. The normalized spacial score (nSPS) is 16.3. The number of hydrogen-bond donors (Lipinski definition) is 3. The van der Waals surface area contributed by atoms with Crippen molar-refractivity contribution in [3.63, 3.8) is 0 Å². The van der Waals surface area contributed by atoms with E-state index in [9.17, 15) is 14.9 Å². The largest absolute Gasteiger partial charge is 0.378 e. The number of nitrogens with one attached hydrogen (secondary N) is 2. The number of likely N-dealkylation sites (N-methyl/N-ethyl adjacent to an activating group) is 1. The lowest BCUT2D eigenvalue weighted by Crippen LogP contribution is -2.48. The predicted molar refractivity (Wildman–Crippen MR) is 147 cm³/mol. The topological polar surface area (TPSA) is 117 Å². The van der Waals surface area contributed by atoms with Gasteiger partial charge in [0.2, 0.25) is 5.91 Å². The Bertz CT molecular complexity index is 1240. The Labute approximate surface area is 223 Å². The van der Waals surface area contributed by atoms with Crippen LogP contribution in [0.3, 0.4) is 0 Å². The number of carbonyl (C=O) groups is 2. The van der Waals surface area contributed by atoms with Crippen molar-refractivity contribution in [1.29, 1.82) is 5.26 Å². The summed E-state index contributed by atoms with van der Waals surface area (Å²) in [4.78, 5) is 40.4. The van der Waals surface area contributed by atoms with E-state index < -0.39 is 0 Å². The second-order valence-electron chi connectivity index (χ2n) is 10.3. The van der Waals surface area contributed by atoms with Crippen LogP contribution in [0.2, 0.25) is 0 Å². The summed E-state index contributed by atoms with van der Waals surface area (Å²) < 4.78 is 0. The van der Waals surface area contributed by atoms with Gasteiger partial charge in [0.1, 0.15) is 17.7 Å². The highest BCUT2D eigenvalue weighted by molar-refractivity contribution is 7.80. The smallest absolute Gasteiger partial charge is 0.328 e. The lowest BCUT2D eigenvalue weighted by Gasteiger charge is -2.33. The standard InChI is InChI=1S/C26H34N8O2S/c1-17-19(14-33-9-8-32(4)15-23(33)35)10-18-6-5-7-34(24(18)29-17)25(36)30-22-11-21(20(12-27)13-28-22)31-26(2,3)16-37/h10-11,13,37H,5-9,14-16H2,1-4H3,(H2,28,30,31,36). The van der Waals surface area contributed by atoms with Gasteiger partial charge in [0, 0.05) is 55.4 Å². The first-order chi connectivity index (χ1) is 17.6. The summed E-state index contributed by atoms with van der Waals surface area (Å²) in [5.41, 5.74) is 3.44. The third kappa shape index (κ3) is 6.14. The Morgan fingerprint density at radius 3 is 2.76 bits per heavy atom. The fourth-order valence-electron chi connectivity index (χ4n) is 4.49. The number of piperazine rings is 1. The van der Waals surface area contributed by atoms with Crippen molar-refractivity contribution in [3.05, 3.63) is 40.7 Å². The highest BCUT2D eigenvalue weighted by Gasteiger charge is 2.28. The number of nitrogens with zero attached hydrogens (tertiary/aromatic N) is 6. The minimum atomic E-state index is -0.350. The highest BCUT2D eigenvalue weighted by Crippen LogP contribution is 2.29. The Morgan fingerprint density at radius 1 is 1.27 bits per heavy atom. The van der Waals surface area contributed by atoms with E-state index in [1.165, 1.54) is 6.20 Å². The molecule has 2 aliphatic heterocycles. The Hall–Kier alpha value is -3.36. The number of urea groups is 1. The van der Waals surface area contributed by atoms with Gasteiger partial charge in [0.25, 0.3) is 0 Å².